The number of likely N-dealkylation sites (N-methyl/N-ethyl adjacent to an activating group) is 1. The van der Waals surface area contributed by atoms with Crippen molar-refractivity contribution in [3.05, 3.63) is 16.7 Å². The van der Waals surface area contributed by atoms with Gasteiger partial charge in [0.05, 0.1) is 37.7 Å². The van der Waals surface area contributed by atoms with E-state index in [1.165, 1.54) is 17.8 Å². The van der Waals surface area contributed by atoms with Gasteiger partial charge in [-0.1, -0.05) is 11.8 Å². The SMILES string of the molecule is C[C@H](O)[C@H](O)[C@@H](COP(=O)(OCCSC(=O)C(C)(C)CO)N1CCN(C)CC1)OCn1cnc2c(=O)[nH]c(N)nc21. The smallest absolute Gasteiger partial charge is 0.395 e. The number of nitrogens with zero attached hydrogens (tertiary/aromatic N) is 5. The highest BCUT2D eigenvalue weighted by Crippen LogP contribution is 2.52. The van der Waals surface area contributed by atoms with Gasteiger partial charge in [-0.25, -0.2) is 14.2 Å². The molecule has 1 aliphatic rings. The molecule has 4 atom stereocenters. The van der Waals surface area contributed by atoms with Crippen molar-refractivity contribution in [2.45, 2.75) is 45.8 Å². The topological polar surface area (TPSA) is 219 Å². The van der Waals surface area contributed by atoms with Gasteiger partial charge in [-0.2, -0.15) is 4.98 Å². The van der Waals surface area contributed by atoms with E-state index in [4.69, 9.17) is 19.5 Å². The van der Waals surface area contributed by atoms with Crippen LogP contribution in [0.2, 0.25) is 0 Å². The van der Waals surface area contributed by atoms with Gasteiger partial charge in [0.25, 0.3) is 5.56 Å². The zero-order valence-corrected chi connectivity index (χ0v) is 25.3. The summed E-state index contributed by atoms with van der Waals surface area (Å²) in [5, 5.41) is 29.9. The quantitative estimate of drug-likeness (QED) is 0.124. The Labute approximate surface area is 241 Å². The summed E-state index contributed by atoms with van der Waals surface area (Å²) in [4.78, 5) is 36.9. The van der Waals surface area contributed by atoms with Gasteiger partial charge in [0.15, 0.2) is 16.3 Å². The van der Waals surface area contributed by atoms with Crippen LogP contribution in [0.4, 0.5) is 5.95 Å². The van der Waals surface area contributed by atoms with Crippen molar-refractivity contribution in [1.82, 2.24) is 29.1 Å². The Bertz CT molecular complexity index is 1270. The number of anilines is 1. The molecular weight excluding hydrogens is 581 g/mol. The number of rotatable bonds is 15. The number of nitrogen functional groups attached to an aromatic ring is 1. The van der Waals surface area contributed by atoms with Crippen LogP contribution in [0.15, 0.2) is 11.1 Å². The maximum absolute atomic E-state index is 14.0. The van der Waals surface area contributed by atoms with E-state index in [9.17, 15) is 29.5 Å². The molecule has 2 aromatic heterocycles. The molecule has 0 spiro atoms. The second kappa shape index (κ2) is 14.5. The van der Waals surface area contributed by atoms with Crippen molar-refractivity contribution in [1.29, 1.82) is 0 Å². The third kappa shape index (κ3) is 8.79. The molecule has 0 amide bonds. The van der Waals surface area contributed by atoms with E-state index in [1.807, 2.05) is 7.05 Å². The number of hydrogen-bond donors (Lipinski definition) is 5. The van der Waals surface area contributed by atoms with Gasteiger partial charge in [0.2, 0.25) is 5.95 Å². The van der Waals surface area contributed by atoms with Crippen molar-refractivity contribution >= 4 is 41.7 Å². The number of fused-ring (bicyclic) bond motifs is 1. The monoisotopic (exact) mass is 621 g/mol. The number of piperazine rings is 1. The number of aromatic nitrogens is 4. The zero-order valence-electron chi connectivity index (χ0n) is 23.6. The molecule has 41 heavy (non-hydrogen) atoms. The first-order chi connectivity index (χ1) is 19.3. The lowest BCUT2D eigenvalue weighted by molar-refractivity contribution is -0.119. The van der Waals surface area contributed by atoms with E-state index in [-0.39, 0.29) is 47.9 Å². The second-order valence-corrected chi connectivity index (χ2v) is 13.5. The number of nitrogens with one attached hydrogen (secondary N) is 1. The molecule has 1 unspecified atom stereocenters. The third-order valence-corrected chi connectivity index (χ3v) is 9.81. The molecule has 232 valence electrons. The van der Waals surface area contributed by atoms with Crippen LogP contribution in [0.1, 0.15) is 20.8 Å². The minimum Gasteiger partial charge on any atom is -0.395 e. The van der Waals surface area contributed by atoms with E-state index in [0.717, 1.165) is 11.8 Å². The predicted octanol–water partition coefficient (Wildman–Crippen LogP) is -0.547. The zero-order chi connectivity index (χ0) is 30.4. The third-order valence-electron chi connectivity index (χ3n) is 6.54. The second-order valence-electron chi connectivity index (χ2n) is 10.4. The molecule has 6 N–H and O–H groups in total. The summed E-state index contributed by atoms with van der Waals surface area (Å²) in [5.74, 6) is 0.0703. The Morgan fingerprint density at radius 2 is 1.95 bits per heavy atom. The van der Waals surface area contributed by atoms with Crippen molar-refractivity contribution in [2.24, 2.45) is 5.41 Å². The summed E-state index contributed by atoms with van der Waals surface area (Å²) >= 11 is 0.965. The number of carbonyl (C=O) groups is 1. The predicted molar refractivity (Wildman–Crippen MR) is 152 cm³/mol. The van der Waals surface area contributed by atoms with Crippen LogP contribution in [-0.2, 0) is 29.9 Å². The lowest BCUT2D eigenvalue weighted by atomic mass is 9.97. The van der Waals surface area contributed by atoms with Gasteiger partial charge in [0, 0.05) is 31.9 Å². The highest BCUT2D eigenvalue weighted by atomic mass is 32.2. The van der Waals surface area contributed by atoms with Crippen molar-refractivity contribution in [3.8, 4) is 0 Å². The Balaban J connectivity index is 1.71. The van der Waals surface area contributed by atoms with Crippen LogP contribution in [0.3, 0.4) is 0 Å². The lowest BCUT2D eigenvalue weighted by Crippen LogP contribution is -2.44. The summed E-state index contributed by atoms with van der Waals surface area (Å²) in [5.41, 5.74) is 4.39. The van der Waals surface area contributed by atoms with E-state index in [2.05, 4.69) is 19.9 Å². The molecule has 0 radical (unpaired) electrons. The molecule has 3 rings (SSSR count). The summed E-state index contributed by atoms with van der Waals surface area (Å²) in [7, 11) is -1.98. The highest BCUT2D eigenvalue weighted by Gasteiger charge is 2.38. The van der Waals surface area contributed by atoms with Gasteiger partial charge in [-0.15, -0.1) is 0 Å². The molecule has 1 saturated heterocycles. The van der Waals surface area contributed by atoms with Crippen LogP contribution >= 0.6 is 19.5 Å². The number of carbonyl (C=O) groups excluding carboxylic acids is 1. The fraction of sp³-hybridized carbons (Fsp3) is 0.739. The first-order valence-electron chi connectivity index (χ1n) is 13.1. The average Bonchev–Trinajstić information content (AvgIpc) is 3.33. The normalized spacial score (nSPS) is 19.2. The van der Waals surface area contributed by atoms with E-state index in [0.29, 0.717) is 26.2 Å². The number of nitrogens with two attached hydrogens (primary N) is 1. The standard InChI is InChI=1S/C23H40N7O9PS/c1-15(32)18(33)16(37-14-29-13-25-17-19(29)26-22(24)27-20(17)34)11-39-40(36,30-7-5-28(4)6-8-30)38-9-10-41-21(35)23(2,3)12-31/h13,15-16,18,31-33H,5-12,14H2,1-4H3,(H3,24,26,27,34)/t15-,16+,18-,40?/m0/s1. The Morgan fingerprint density at radius 3 is 2.59 bits per heavy atom. The lowest BCUT2D eigenvalue weighted by Gasteiger charge is -2.37. The number of aliphatic hydroxyl groups excluding tert-OH is 3. The number of hydrogen-bond acceptors (Lipinski definition) is 14. The number of thioether (sulfide) groups is 1. The van der Waals surface area contributed by atoms with Crippen molar-refractivity contribution < 1.29 is 38.5 Å². The fourth-order valence-corrected chi connectivity index (χ4v) is 6.41. The highest BCUT2D eigenvalue weighted by molar-refractivity contribution is 8.13. The average molecular weight is 622 g/mol. The molecule has 0 aliphatic carbocycles. The fourth-order valence-electron chi connectivity index (χ4n) is 3.75. The van der Waals surface area contributed by atoms with E-state index < -0.39 is 43.6 Å². The van der Waals surface area contributed by atoms with Crippen LogP contribution in [-0.4, -0.2) is 127 Å². The van der Waals surface area contributed by atoms with E-state index in [1.54, 1.807) is 18.5 Å². The first-order valence-corrected chi connectivity index (χ1v) is 15.5. The number of aliphatic hydroxyl groups is 3. The van der Waals surface area contributed by atoms with Crippen molar-refractivity contribution in [2.75, 3.05) is 64.5 Å². The molecule has 0 aromatic carbocycles. The summed E-state index contributed by atoms with van der Waals surface area (Å²) < 4.78 is 34.4. The summed E-state index contributed by atoms with van der Waals surface area (Å²) in [6.07, 6.45) is -2.51. The van der Waals surface area contributed by atoms with Gasteiger partial charge >= 0.3 is 7.75 Å². The molecule has 1 aliphatic heterocycles. The Morgan fingerprint density at radius 1 is 1.27 bits per heavy atom. The molecule has 2 aromatic rings. The minimum atomic E-state index is -3.92. The largest absolute Gasteiger partial charge is 0.408 e. The van der Waals surface area contributed by atoms with Crippen LogP contribution < -0.4 is 11.3 Å². The molecule has 0 bridgehead atoms. The number of ether oxygens (including phenoxy) is 1. The number of H-pyrrole nitrogens is 1. The number of aromatic amines is 1. The van der Waals surface area contributed by atoms with Gasteiger partial charge in [0.1, 0.15) is 18.9 Å². The van der Waals surface area contributed by atoms with Crippen LogP contribution in [0.5, 0.6) is 0 Å². The molecular formula is C23H40N7O9PS. The molecule has 3 heterocycles. The molecule has 18 heteroatoms. The molecule has 1 fully saturated rings. The van der Waals surface area contributed by atoms with Crippen LogP contribution in [0.25, 0.3) is 11.2 Å². The van der Waals surface area contributed by atoms with Gasteiger partial charge < -0.3 is 30.7 Å². The molecule has 0 saturated carbocycles. The Kier molecular flexibility index (Phi) is 11.9. The summed E-state index contributed by atoms with van der Waals surface area (Å²) in [6, 6.07) is 0. The van der Waals surface area contributed by atoms with Crippen LogP contribution in [0, 0.1) is 5.41 Å². The van der Waals surface area contributed by atoms with Crippen molar-refractivity contribution in [3.63, 3.8) is 0 Å². The minimum absolute atomic E-state index is 0.0402. The Hall–Kier alpha value is -1.92. The maximum Gasteiger partial charge on any atom is 0.408 e. The maximum atomic E-state index is 14.0. The van der Waals surface area contributed by atoms with Gasteiger partial charge in [-0.3, -0.25) is 28.2 Å². The number of imidazole rings is 1. The van der Waals surface area contributed by atoms with E-state index >= 15 is 0 Å². The van der Waals surface area contributed by atoms with Gasteiger partial charge in [-0.05, 0) is 27.8 Å². The summed E-state index contributed by atoms with van der Waals surface area (Å²) in [6.45, 7) is 5.62. The molecule has 16 nitrogen and oxygen atoms in total. The first kappa shape index (κ1) is 33.6.